The Balaban J connectivity index is 2.49. The van der Waals surface area contributed by atoms with E-state index < -0.39 is 0 Å². The maximum absolute atomic E-state index is 9.91. The normalized spacial score (nSPS) is 24.2. The van der Waals surface area contributed by atoms with Gasteiger partial charge in [-0.1, -0.05) is 65.2 Å². The van der Waals surface area contributed by atoms with Crippen molar-refractivity contribution in [1.29, 1.82) is 0 Å². The maximum Gasteiger partial charge on any atom is 0.0470 e. The van der Waals surface area contributed by atoms with E-state index in [4.69, 9.17) is 0 Å². The van der Waals surface area contributed by atoms with Crippen LogP contribution in [0.3, 0.4) is 0 Å². The van der Waals surface area contributed by atoms with Crippen molar-refractivity contribution in [3.63, 3.8) is 0 Å². The highest BCUT2D eigenvalue weighted by molar-refractivity contribution is 5.20. The molecule has 0 aromatic carbocycles. The van der Waals surface area contributed by atoms with Crippen LogP contribution in [0.4, 0.5) is 0 Å². The topological polar surface area (TPSA) is 20.2 Å². The van der Waals surface area contributed by atoms with Crippen molar-refractivity contribution in [3.8, 4) is 0 Å². The van der Waals surface area contributed by atoms with E-state index in [1.54, 1.807) is 0 Å². The Morgan fingerprint density at radius 1 is 0.677 bits per heavy atom. The first-order valence-electron chi connectivity index (χ1n) is 12.5. The number of aliphatic hydroxyl groups is 1. The van der Waals surface area contributed by atoms with Crippen LogP contribution in [0.25, 0.3) is 0 Å². The quantitative estimate of drug-likeness (QED) is 0.274. The Hall–Kier alpha value is -1.34. The van der Waals surface area contributed by atoms with Crippen molar-refractivity contribution in [2.45, 2.75) is 107 Å². The largest absolute Gasteiger partial charge is 0.396 e. The summed E-state index contributed by atoms with van der Waals surface area (Å²) < 4.78 is 0. The van der Waals surface area contributed by atoms with Crippen molar-refractivity contribution in [3.05, 3.63) is 58.2 Å². The Morgan fingerprint density at radius 2 is 1.13 bits per heavy atom. The average Bonchev–Trinajstić information content (AvgIpc) is 3.22. The van der Waals surface area contributed by atoms with Gasteiger partial charge in [-0.2, -0.15) is 0 Å². The summed E-state index contributed by atoms with van der Waals surface area (Å²) in [5.41, 5.74) is 7.56. The van der Waals surface area contributed by atoms with E-state index in [0.29, 0.717) is 18.4 Å². The Kier molecular flexibility index (Phi) is 12.5. The van der Waals surface area contributed by atoms with Crippen LogP contribution in [0, 0.1) is 17.3 Å². The second-order valence-corrected chi connectivity index (χ2v) is 10.7. The maximum atomic E-state index is 9.91. The average molecular weight is 427 g/mol. The molecular weight excluding hydrogens is 376 g/mol. The van der Waals surface area contributed by atoms with Gasteiger partial charge in [0.1, 0.15) is 0 Å². The zero-order valence-corrected chi connectivity index (χ0v) is 21.9. The van der Waals surface area contributed by atoms with E-state index in [-0.39, 0.29) is 5.41 Å². The summed E-state index contributed by atoms with van der Waals surface area (Å²) in [7, 11) is 0. The minimum Gasteiger partial charge on any atom is -0.396 e. The van der Waals surface area contributed by atoms with Crippen molar-refractivity contribution in [1.82, 2.24) is 0 Å². The molecule has 0 aliphatic heterocycles. The van der Waals surface area contributed by atoms with Gasteiger partial charge in [-0.3, -0.25) is 0 Å². The smallest absolute Gasteiger partial charge is 0.0470 e. The second kappa shape index (κ2) is 13.9. The first kappa shape index (κ1) is 27.7. The molecule has 3 atom stereocenters. The van der Waals surface area contributed by atoms with Crippen LogP contribution in [0.2, 0.25) is 0 Å². The molecule has 0 amide bonds. The molecule has 176 valence electrons. The summed E-state index contributed by atoms with van der Waals surface area (Å²) in [6.45, 7) is 18.2. The summed E-state index contributed by atoms with van der Waals surface area (Å²) in [6, 6.07) is 0. The van der Waals surface area contributed by atoms with E-state index in [2.05, 4.69) is 85.8 Å². The monoisotopic (exact) mass is 426 g/mol. The third kappa shape index (κ3) is 10.7. The van der Waals surface area contributed by atoms with Crippen LogP contribution < -0.4 is 0 Å². The van der Waals surface area contributed by atoms with Crippen LogP contribution >= 0.6 is 0 Å². The van der Waals surface area contributed by atoms with Gasteiger partial charge in [0.15, 0.2) is 0 Å². The van der Waals surface area contributed by atoms with E-state index in [9.17, 15) is 5.11 Å². The molecular formula is C30H50O. The molecule has 1 aliphatic rings. The number of allylic oxidation sites excluding steroid dienone is 10. The fraction of sp³-hybridized carbons (Fsp3) is 0.667. The predicted octanol–water partition coefficient (Wildman–Crippen LogP) is 9.12. The van der Waals surface area contributed by atoms with Crippen molar-refractivity contribution in [2.75, 3.05) is 6.61 Å². The van der Waals surface area contributed by atoms with Gasteiger partial charge < -0.3 is 5.11 Å². The molecule has 1 N–H and O–H groups in total. The van der Waals surface area contributed by atoms with Gasteiger partial charge in [-0.15, -0.1) is 0 Å². The molecule has 0 unspecified atom stereocenters. The van der Waals surface area contributed by atoms with Crippen LogP contribution in [-0.4, -0.2) is 11.7 Å². The Bertz CT molecular complexity index is 692. The van der Waals surface area contributed by atoms with Crippen molar-refractivity contribution in [2.24, 2.45) is 17.3 Å². The zero-order chi connectivity index (χ0) is 23.4. The van der Waals surface area contributed by atoms with Gasteiger partial charge in [-0.05, 0) is 117 Å². The molecule has 1 saturated carbocycles. The van der Waals surface area contributed by atoms with E-state index in [0.717, 1.165) is 38.5 Å². The van der Waals surface area contributed by atoms with Crippen molar-refractivity contribution < 1.29 is 5.11 Å². The number of hydrogen-bond donors (Lipinski definition) is 1. The molecule has 1 rings (SSSR count). The minimum atomic E-state index is 0.267. The van der Waals surface area contributed by atoms with Crippen LogP contribution in [0.5, 0.6) is 0 Å². The van der Waals surface area contributed by atoms with Crippen molar-refractivity contribution >= 4 is 0 Å². The van der Waals surface area contributed by atoms with Gasteiger partial charge >= 0.3 is 0 Å². The SMILES string of the molecule is CC(C)=CCCC(C)=CCCC(C)=C[C@@H]1[C@@H](CO)[C@]1(C)CCC=C(C)CCC=C(C)C. The van der Waals surface area contributed by atoms with E-state index in [1.165, 1.54) is 40.7 Å². The van der Waals surface area contributed by atoms with Gasteiger partial charge in [0.25, 0.3) is 0 Å². The lowest BCUT2D eigenvalue weighted by atomic mass is 9.95. The van der Waals surface area contributed by atoms with Gasteiger partial charge in [0, 0.05) is 6.61 Å². The van der Waals surface area contributed by atoms with Crippen LogP contribution in [0.15, 0.2) is 58.2 Å². The minimum absolute atomic E-state index is 0.267. The highest BCUT2D eigenvalue weighted by atomic mass is 16.3. The summed E-state index contributed by atoms with van der Waals surface area (Å²) >= 11 is 0. The number of rotatable bonds is 14. The summed E-state index contributed by atoms with van der Waals surface area (Å²) in [5, 5.41) is 9.91. The molecule has 1 heteroatoms. The molecule has 0 saturated heterocycles. The molecule has 1 aliphatic carbocycles. The Labute approximate surface area is 194 Å². The second-order valence-electron chi connectivity index (χ2n) is 10.7. The summed E-state index contributed by atoms with van der Waals surface area (Å²) in [4.78, 5) is 0. The summed E-state index contributed by atoms with van der Waals surface area (Å²) in [6.07, 6.45) is 21.2. The highest BCUT2D eigenvalue weighted by Gasteiger charge is 2.58. The van der Waals surface area contributed by atoms with E-state index in [1.807, 2.05) is 0 Å². The molecule has 1 fully saturated rings. The molecule has 0 spiro atoms. The molecule has 0 bridgehead atoms. The van der Waals surface area contributed by atoms with Gasteiger partial charge in [0.2, 0.25) is 0 Å². The third-order valence-electron chi connectivity index (χ3n) is 6.98. The molecule has 1 nitrogen and oxygen atoms in total. The first-order valence-corrected chi connectivity index (χ1v) is 12.5. The molecule has 0 heterocycles. The van der Waals surface area contributed by atoms with Crippen LogP contribution in [0.1, 0.15) is 107 Å². The van der Waals surface area contributed by atoms with Gasteiger partial charge in [0.05, 0.1) is 0 Å². The fourth-order valence-corrected chi connectivity index (χ4v) is 4.63. The highest BCUT2D eigenvalue weighted by Crippen LogP contribution is 2.62. The van der Waals surface area contributed by atoms with Crippen LogP contribution in [-0.2, 0) is 0 Å². The third-order valence-corrected chi connectivity index (χ3v) is 6.98. The molecule has 0 aromatic heterocycles. The summed E-state index contributed by atoms with van der Waals surface area (Å²) in [5.74, 6) is 0.975. The molecule has 0 aromatic rings. The lowest BCUT2D eigenvalue weighted by Crippen LogP contribution is -2.01. The Morgan fingerprint density at radius 3 is 1.61 bits per heavy atom. The first-order chi connectivity index (χ1) is 14.6. The van der Waals surface area contributed by atoms with E-state index >= 15 is 0 Å². The fourth-order valence-electron chi connectivity index (χ4n) is 4.63. The lowest BCUT2D eigenvalue weighted by Gasteiger charge is -2.10. The lowest BCUT2D eigenvalue weighted by molar-refractivity contribution is 0.249. The zero-order valence-electron chi connectivity index (χ0n) is 21.9. The predicted molar refractivity (Wildman–Crippen MR) is 139 cm³/mol. The molecule has 31 heavy (non-hydrogen) atoms. The van der Waals surface area contributed by atoms with Gasteiger partial charge in [-0.25, -0.2) is 0 Å². The number of hydrogen-bond acceptors (Lipinski definition) is 1. The standard InChI is InChI=1S/C30H50O/c1-23(2)13-9-15-25(5)17-11-18-27(7)21-28-29(22-31)30(28,8)20-12-19-26(6)16-10-14-24(3)4/h13-14,17,19,21,28-29,31H,9-12,15-16,18,20,22H2,1-8H3/t28-,29-,30-/m1/s1. The molecule has 0 radical (unpaired) electrons. The number of aliphatic hydroxyl groups excluding tert-OH is 1.